The minimum atomic E-state index is -4.85. The molecule has 0 N–H and O–H groups in total. The average molecular weight is 546 g/mol. The van der Waals surface area contributed by atoms with E-state index < -0.39 is 33.7 Å². The molecule has 0 radical (unpaired) electrons. The number of pyridine rings is 1. The van der Waals surface area contributed by atoms with E-state index >= 15 is 0 Å². The number of aromatic nitrogens is 1. The summed E-state index contributed by atoms with van der Waals surface area (Å²) in [6.45, 7) is 1.44. The first-order valence-electron chi connectivity index (χ1n) is 10.6. The minimum Gasteiger partial charge on any atom is -0.406 e. The number of alkyl halides is 6. The number of amidine groups is 1. The first-order valence-corrected chi connectivity index (χ1v) is 12.3. The zero-order valence-electron chi connectivity index (χ0n) is 19.7. The van der Waals surface area contributed by atoms with Crippen LogP contribution in [0.4, 0.5) is 32.2 Å². The van der Waals surface area contributed by atoms with Gasteiger partial charge in [-0.15, -0.1) is 13.2 Å². The standard InChI is InChI=1S/C24H21F6N3O3S/c1-4-37(34,35)20-13-16(15-5-9-18(10-6-15)36-24(28,29)30)7-11-19(20)22(33(2)3)32-21-12-8-17(14-31-21)23(25,26)27/h5-14H,4H2,1-3H3. The SMILES string of the molecule is CCS(=O)(=O)c1cc(-c2ccc(OC(F)(F)F)cc2)ccc1C(=Nc1ccc(C(F)(F)F)cn1)N(C)C. The number of hydrogen-bond donors (Lipinski definition) is 0. The molecule has 3 rings (SSSR count). The van der Waals surface area contributed by atoms with Crippen molar-refractivity contribution < 1.29 is 39.5 Å². The van der Waals surface area contributed by atoms with Crippen LogP contribution in [0.25, 0.3) is 11.1 Å². The van der Waals surface area contributed by atoms with Crippen molar-refractivity contribution >= 4 is 21.5 Å². The zero-order valence-corrected chi connectivity index (χ0v) is 20.5. The molecule has 0 saturated heterocycles. The maximum atomic E-state index is 13.0. The lowest BCUT2D eigenvalue weighted by Gasteiger charge is -2.20. The smallest absolute Gasteiger partial charge is 0.406 e. The second kappa shape index (κ2) is 10.4. The summed E-state index contributed by atoms with van der Waals surface area (Å²) in [7, 11) is -0.675. The van der Waals surface area contributed by atoms with E-state index in [1.807, 2.05) is 0 Å². The van der Waals surface area contributed by atoms with Gasteiger partial charge >= 0.3 is 12.5 Å². The summed E-state index contributed by atoms with van der Waals surface area (Å²) in [5.74, 6) is -0.637. The molecule has 0 amide bonds. The Labute approximate surface area is 209 Å². The predicted octanol–water partition coefficient (Wildman–Crippen LogP) is 6.10. The van der Waals surface area contributed by atoms with E-state index in [2.05, 4.69) is 14.7 Å². The van der Waals surface area contributed by atoms with Crippen molar-refractivity contribution in [3.05, 3.63) is 71.9 Å². The number of aliphatic imine (C=N–C) groups is 1. The van der Waals surface area contributed by atoms with Gasteiger partial charge in [0.1, 0.15) is 11.6 Å². The van der Waals surface area contributed by atoms with Crippen molar-refractivity contribution in [2.45, 2.75) is 24.4 Å². The second-order valence-corrected chi connectivity index (χ2v) is 10.2. The topological polar surface area (TPSA) is 71.9 Å². The van der Waals surface area contributed by atoms with Crippen LogP contribution in [0.3, 0.4) is 0 Å². The van der Waals surface area contributed by atoms with Crippen LogP contribution in [0.5, 0.6) is 5.75 Å². The first-order chi connectivity index (χ1) is 17.1. The molecule has 0 aliphatic heterocycles. The molecule has 0 saturated carbocycles. The van der Waals surface area contributed by atoms with E-state index in [-0.39, 0.29) is 27.9 Å². The normalized spacial score (nSPS) is 12.9. The zero-order chi connectivity index (χ0) is 27.6. The maximum Gasteiger partial charge on any atom is 0.573 e. The predicted molar refractivity (Wildman–Crippen MR) is 125 cm³/mol. The molecule has 0 spiro atoms. The van der Waals surface area contributed by atoms with Gasteiger partial charge in [0.15, 0.2) is 15.7 Å². The van der Waals surface area contributed by atoms with Crippen LogP contribution in [0.2, 0.25) is 0 Å². The Morgan fingerprint density at radius 3 is 2.05 bits per heavy atom. The number of benzene rings is 2. The van der Waals surface area contributed by atoms with Gasteiger partial charge in [0.25, 0.3) is 0 Å². The molecular formula is C24H21F6N3O3S. The fourth-order valence-electron chi connectivity index (χ4n) is 3.28. The third-order valence-electron chi connectivity index (χ3n) is 5.08. The van der Waals surface area contributed by atoms with Crippen LogP contribution in [-0.4, -0.2) is 50.3 Å². The van der Waals surface area contributed by atoms with Crippen molar-refractivity contribution in [2.24, 2.45) is 4.99 Å². The van der Waals surface area contributed by atoms with Crippen LogP contribution in [0.1, 0.15) is 18.1 Å². The highest BCUT2D eigenvalue weighted by Crippen LogP contribution is 2.32. The largest absolute Gasteiger partial charge is 0.573 e. The molecule has 0 aliphatic rings. The highest BCUT2D eigenvalue weighted by atomic mass is 32.2. The molecule has 0 bridgehead atoms. The molecule has 1 aromatic heterocycles. The van der Waals surface area contributed by atoms with Gasteiger partial charge in [-0.1, -0.05) is 25.1 Å². The number of sulfone groups is 1. The summed E-state index contributed by atoms with van der Waals surface area (Å²) in [4.78, 5) is 9.40. The van der Waals surface area contributed by atoms with E-state index in [9.17, 15) is 34.8 Å². The third kappa shape index (κ3) is 7.00. The van der Waals surface area contributed by atoms with E-state index in [1.165, 1.54) is 36.1 Å². The monoisotopic (exact) mass is 545 g/mol. The van der Waals surface area contributed by atoms with Gasteiger partial charge in [-0.3, -0.25) is 0 Å². The van der Waals surface area contributed by atoms with Crippen LogP contribution in [0.15, 0.2) is 70.7 Å². The van der Waals surface area contributed by atoms with E-state index in [0.717, 1.165) is 24.3 Å². The lowest BCUT2D eigenvalue weighted by atomic mass is 10.0. The summed E-state index contributed by atoms with van der Waals surface area (Å²) in [5.41, 5.74) is 0.0545. The van der Waals surface area contributed by atoms with Crippen LogP contribution in [0, 0.1) is 0 Å². The van der Waals surface area contributed by atoms with Gasteiger partial charge in [0, 0.05) is 25.9 Å². The summed E-state index contributed by atoms with van der Waals surface area (Å²) in [6, 6.07) is 11.2. The molecule has 13 heteroatoms. The van der Waals surface area contributed by atoms with Crippen LogP contribution in [-0.2, 0) is 16.0 Å². The van der Waals surface area contributed by atoms with Gasteiger partial charge in [-0.05, 0) is 47.5 Å². The molecule has 2 aromatic carbocycles. The van der Waals surface area contributed by atoms with Crippen LogP contribution >= 0.6 is 0 Å². The quantitative estimate of drug-likeness (QED) is 0.213. The van der Waals surface area contributed by atoms with Gasteiger partial charge in [0.2, 0.25) is 0 Å². The molecule has 3 aromatic rings. The van der Waals surface area contributed by atoms with Gasteiger partial charge in [-0.25, -0.2) is 18.4 Å². The maximum absolute atomic E-state index is 13.0. The molecule has 0 fully saturated rings. The van der Waals surface area contributed by atoms with Gasteiger partial charge in [0.05, 0.1) is 16.2 Å². The molecule has 0 aliphatic carbocycles. The lowest BCUT2D eigenvalue weighted by Crippen LogP contribution is -2.25. The average Bonchev–Trinajstić information content (AvgIpc) is 2.81. The highest BCUT2D eigenvalue weighted by Gasteiger charge is 2.31. The van der Waals surface area contributed by atoms with Crippen molar-refractivity contribution in [1.29, 1.82) is 0 Å². The Bertz CT molecular complexity index is 1380. The Kier molecular flexibility index (Phi) is 7.86. The first kappa shape index (κ1) is 28.0. The Balaban J connectivity index is 2.10. The van der Waals surface area contributed by atoms with Gasteiger partial charge in [-0.2, -0.15) is 13.2 Å². The number of nitrogens with zero attached hydrogens (tertiary/aromatic N) is 3. The van der Waals surface area contributed by atoms with Crippen molar-refractivity contribution in [3.8, 4) is 16.9 Å². The fourth-order valence-corrected chi connectivity index (χ4v) is 4.39. The number of hydrogen-bond acceptors (Lipinski definition) is 5. The number of ether oxygens (including phenoxy) is 1. The number of halogens is 6. The summed E-state index contributed by atoms with van der Waals surface area (Å²) in [6.07, 6.45) is -8.80. The lowest BCUT2D eigenvalue weighted by molar-refractivity contribution is -0.274. The Hall–Kier alpha value is -3.61. The van der Waals surface area contributed by atoms with E-state index in [1.54, 1.807) is 20.2 Å². The molecule has 1 heterocycles. The molecule has 198 valence electrons. The Morgan fingerprint density at radius 1 is 0.946 bits per heavy atom. The minimum absolute atomic E-state index is 0.0686. The number of rotatable bonds is 6. The third-order valence-corrected chi connectivity index (χ3v) is 6.85. The van der Waals surface area contributed by atoms with Crippen LogP contribution < -0.4 is 4.74 Å². The van der Waals surface area contributed by atoms with E-state index in [0.29, 0.717) is 17.3 Å². The van der Waals surface area contributed by atoms with E-state index in [4.69, 9.17) is 0 Å². The fraction of sp³-hybridized carbons (Fsp3) is 0.250. The molecular weight excluding hydrogens is 524 g/mol. The summed E-state index contributed by atoms with van der Waals surface area (Å²) < 4.78 is 106. The highest BCUT2D eigenvalue weighted by molar-refractivity contribution is 7.91. The summed E-state index contributed by atoms with van der Waals surface area (Å²) >= 11 is 0. The van der Waals surface area contributed by atoms with Crippen molar-refractivity contribution in [2.75, 3.05) is 19.8 Å². The molecule has 6 nitrogen and oxygen atoms in total. The molecule has 0 atom stereocenters. The Morgan fingerprint density at radius 2 is 1.57 bits per heavy atom. The van der Waals surface area contributed by atoms with Crippen molar-refractivity contribution in [3.63, 3.8) is 0 Å². The van der Waals surface area contributed by atoms with Gasteiger partial charge < -0.3 is 9.64 Å². The molecule has 37 heavy (non-hydrogen) atoms. The second-order valence-electron chi connectivity index (χ2n) is 7.92. The molecule has 0 unspecified atom stereocenters. The summed E-state index contributed by atoms with van der Waals surface area (Å²) in [5, 5.41) is 0. The van der Waals surface area contributed by atoms with Crippen molar-refractivity contribution in [1.82, 2.24) is 9.88 Å².